The molecule has 0 radical (unpaired) electrons. The van der Waals surface area contributed by atoms with Crippen molar-refractivity contribution in [1.82, 2.24) is 4.90 Å². The third kappa shape index (κ3) is 4.38. The average Bonchev–Trinajstić information content (AvgIpc) is 2.40. The van der Waals surface area contributed by atoms with Gasteiger partial charge in [-0.2, -0.15) is 5.26 Å². The van der Waals surface area contributed by atoms with Gasteiger partial charge in [-0.05, 0) is 32.0 Å². The lowest BCUT2D eigenvalue weighted by atomic mass is 10.0. The van der Waals surface area contributed by atoms with Gasteiger partial charge in [-0.1, -0.05) is 24.3 Å². The van der Waals surface area contributed by atoms with Crippen LogP contribution in [0.4, 0.5) is 0 Å². The van der Waals surface area contributed by atoms with Crippen LogP contribution in [0.3, 0.4) is 0 Å². The number of carbonyl (C=O) groups is 1. The monoisotopic (exact) mass is 260 g/mol. The SMILES string of the molecule is CCOC(=O)CCN(C)C(C#N)c1ccccc1C. The molecule has 1 aromatic rings. The van der Waals surface area contributed by atoms with Crippen LogP contribution in [0.5, 0.6) is 0 Å². The lowest BCUT2D eigenvalue weighted by molar-refractivity contribution is -0.143. The zero-order chi connectivity index (χ0) is 14.3. The fraction of sp³-hybridized carbons (Fsp3) is 0.467. The van der Waals surface area contributed by atoms with E-state index in [1.165, 1.54) is 0 Å². The molecule has 0 saturated heterocycles. The maximum atomic E-state index is 11.3. The van der Waals surface area contributed by atoms with Gasteiger partial charge in [-0.15, -0.1) is 0 Å². The molecule has 0 aliphatic carbocycles. The van der Waals surface area contributed by atoms with Crippen molar-refractivity contribution in [3.05, 3.63) is 35.4 Å². The van der Waals surface area contributed by atoms with Crippen molar-refractivity contribution in [3.63, 3.8) is 0 Å². The van der Waals surface area contributed by atoms with Gasteiger partial charge in [0.1, 0.15) is 6.04 Å². The van der Waals surface area contributed by atoms with Gasteiger partial charge in [-0.25, -0.2) is 0 Å². The van der Waals surface area contributed by atoms with Gasteiger partial charge in [-0.3, -0.25) is 9.69 Å². The van der Waals surface area contributed by atoms with Gasteiger partial charge in [0.2, 0.25) is 0 Å². The van der Waals surface area contributed by atoms with Crippen LogP contribution in [0.15, 0.2) is 24.3 Å². The van der Waals surface area contributed by atoms with E-state index in [2.05, 4.69) is 6.07 Å². The molecule has 0 fully saturated rings. The first-order valence-corrected chi connectivity index (χ1v) is 6.41. The second-order valence-corrected chi connectivity index (χ2v) is 4.42. The lowest BCUT2D eigenvalue weighted by Gasteiger charge is -2.23. The minimum Gasteiger partial charge on any atom is -0.466 e. The Morgan fingerprint density at radius 1 is 1.47 bits per heavy atom. The Labute approximate surface area is 114 Å². The number of benzene rings is 1. The number of ether oxygens (including phenoxy) is 1. The minimum absolute atomic E-state index is 0.226. The van der Waals surface area contributed by atoms with Gasteiger partial charge < -0.3 is 4.74 Å². The number of nitrogens with zero attached hydrogens (tertiary/aromatic N) is 2. The Hall–Kier alpha value is -1.86. The van der Waals surface area contributed by atoms with Gasteiger partial charge >= 0.3 is 5.97 Å². The van der Waals surface area contributed by atoms with Crippen molar-refractivity contribution in [1.29, 1.82) is 5.26 Å². The van der Waals surface area contributed by atoms with Crippen molar-refractivity contribution >= 4 is 5.97 Å². The first-order valence-electron chi connectivity index (χ1n) is 6.41. The summed E-state index contributed by atoms with van der Waals surface area (Å²) in [7, 11) is 1.85. The van der Waals surface area contributed by atoms with E-state index in [0.29, 0.717) is 19.6 Å². The zero-order valence-electron chi connectivity index (χ0n) is 11.7. The second-order valence-electron chi connectivity index (χ2n) is 4.42. The summed E-state index contributed by atoms with van der Waals surface area (Å²) >= 11 is 0. The molecule has 0 N–H and O–H groups in total. The first kappa shape index (κ1) is 15.2. The quantitative estimate of drug-likeness (QED) is 0.737. The summed E-state index contributed by atoms with van der Waals surface area (Å²) in [6.45, 7) is 4.67. The molecule has 0 aliphatic rings. The number of hydrogen-bond donors (Lipinski definition) is 0. The predicted octanol–water partition coefficient (Wildman–Crippen LogP) is 2.44. The van der Waals surface area contributed by atoms with Crippen LogP contribution in [0.25, 0.3) is 0 Å². The molecule has 0 heterocycles. The van der Waals surface area contributed by atoms with Crippen molar-refractivity contribution in [2.45, 2.75) is 26.3 Å². The van der Waals surface area contributed by atoms with Gasteiger partial charge in [0, 0.05) is 6.54 Å². The molecule has 1 atom stereocenters. The van der Waals surface area contributed by atoms with Crippen LogP contribution in [0, 0.1) is 18.3 Å². The van der Waals surface area contributed by atoms with E-state index in [1.54, 1.807) is 6.92 Å². The largest absolute Gasteiger partial charge is 0.466 e. The molecule has 0 amide bonds. The van der Waals surface area contributed by atoms with Crippen LogP contribution >= 0.6 is 0 Å². The fourth-order valence-corrected chi connectivity index (χ4v) is 1.93. The lowest BCUT2D eigenvalue weighted by Crippen LogP contribution is -2.27. The molecule has 19 heavy (non-hydrogen) atoms. The van der Waals surface area contributed by atoms with E-state index >= 15 is 0 Å². The highest BCUT2D eigenvalue weighted by atomic mass is 16.5. The Kier molecular flexibility index (Phi) is 6.04. The Morgan fingerprint density at radius 2 is 2.16 bits per heavy atom. The molecule has 1 unspecified atom stereocenters. The molecule has 0 aliphatic heterocycles. The van der Waals surface area contributed by atoms with Crippen molar-refractivity contribution < 1.29 is 9.53 Å². The van der Waals surface area contributed by atoms with E-state index in [4.69, 9.17) is 4.74 Å². The van der Waals surface area contributed by atoms with E-state index in [-0.39, 0.29) is 12.0 Å². The molecule has 4 nitrogen and oxygen atoms in total. The minimum atomic E-state index is -0.337. The molecule has 1 rings (SSSR count). The Morgan fingerprint density at radius 3 is 2.74 bits per heavy atom. The van der Waals surface area contributed by atoms with Gasteiger partial charge in [0.15, 0.2) is 0 Å². The van der Waals surface area contributed by atoms with Crippen LogP contribution in [-0.2, 0) is 9.53 Å². The predicted molar refractivity (Wildman–Crippen MR) is 73.4 cm³/mol. The standard InChI is InChI=1S/C15H20N2O2/c1-4-19-15(18)9-10-17(3)14(11-16)13-8-6-5-7-12(13)2/h5-8,14H,4,9-10H2,1-3H3. The van der Waals surface area contributed by atoms with E-state index < -0.39 is 0 Å². The summed E-state index contributed by atoms with van der Waals surface area (Å²) in [5.74, 6) is -0.226. The highest BCUT2D eigenvalue weighted by Gasteiger charge is 2.18. The Bertz CT molecular complexity index is 465. The average molecular weight is 260 g/mol. The summed E-state index contributed by atoms with van der Waals surface area (Å²) in [5, 5.41) is 9.34. The number of carbonyl (C=O) groups excluding carboxylic acids is 1. The highest BCUT2D eigenvalue weighted by molar-refractivity contribution is 5.69. The molecule has 4 heteroatoms. The summed E-state index contributed by atoms with van der Waals surface area (Å²) in [5.41, 5.74) is 2.06. The molecular formula is C15H20N2O2. The molecule has 0 bridgehead atoms. The Balaban J connectivity index is 2.68. The van der Waals surface area contributed by atoms with Gasteiger partial charge in [0.05, 0.1) is 19.1 Å². The third-order valence-corrected chi connectivity index (χ3v) is 3.02. The molecule has 0 spiro atoms. The maximum Gasteiger partial charge on any atom is 0.307 e. The zero-order valence-corrected chi connectivity index (χ0v) is 11.7. The smallest absolute Gasteiger partial charge is 0.307 e. The van der Waals surface area contributed by atoms with Gasteiger partial charge in [0.25, 0.3) is 0 Å². The van der Waals surface area contributed by atoms with Crippen LogP contribution < -0.4 is 0 Å². The second kappa shape index (κ2) is 7.55. The topological polar surface area (TPSA) is 53.3 Å². The number of rotatable bonds is 6. The summed E-state index contributed by atoms with van der Waals surface area (Å²) in [4.78, 5) is 13.2. The number of aryl methyl sites for hydroxylation is 1. The molecule has 102 valence electrons. The molecule has 1 aromatic carbocycles. The fourth-order valence-electron chi connectivity index (χ4n) is 1.93. The first-order chi connectivity index (χ1) is 9.10. The highest BCUT2D eigenvalue weighted by Crippen LogP contribution is 2.22. The van der Waals surface area contributed by atoms with E-state index in [0.717, 1.165) is 11.1 Å². The van der Waals surface area contributed by atoms with Crippen LogP contribution in [0.1, 0.15) is 30.5 Å². The molecular weight excluding hydrogens is 240 g/mol. The summed E-state index contributed by atoms with van der Waals surface area (Å²) in [6.07, 6.45) is 0.300. The molecule has 0 aromatic heterocycles. The number of esters is 1. The number of nitriles is 1. The van der Waals surface area contributed by atoms with Crippen molar-refractivity contribution in [2.24, 2.45) is 0 Å². The van der Waals surface area contributed by atoms with Crippen molar-refractivity contribution in [3.8, 4) is 6.07 Å². The third-order valence-electron chi connectivity index (χ3n) is 3.02. The van der Waals surface area contributed by atoms with E-state index in [9.17, 15) is 10.1 Å². The van der Waals surface area contributed by atoms with E-state index in [1.807, 2.05) is 43.1 Å². The normalized spacial score (nSPS) is 11.9. The van der Waals surface area contributed by atoms with Crippen LogP contribution in [-0.4, -0.2) is 31.1 Å². The maximum absolute atomic E-state index is 11.3. The summed E-state index contributed by atoms with van der Waals surface area (Å²) < 4.78 is 4.89. The molecule has 0 saturated carbocycles. The van der Waals surface area contributed by atoms with Crippen molar-refractivity contribution in [2.75, 3.05) is 20.2 Å². The van der Waals surface area contributed by atoms with Crippen LogP contribution in [0.2, 0.25) is 0 Å². The summed E-state index contributed by atoms with van der Waals surface area (Å²) in [6, 6.07) is 9.76. The number of hydrogen-bond acceptors (Lipinski definition) is 4.